The van der Waals surface area contributed by atoms with Crippen LogP contribution in [-0.4, -0.2) is 20.8 Å². The van der Waals surface area contributed by atoms with Crippen LogP contribution < -0.4 is 27.2 Å². The van der Waals surface area contributed by atoms with E-state index in [-0.39, 0.29) is 12.4 Å². The molecule has 2 N–H and O–H groups in total. The molecule has 20 heavy (non-hydrogen) atoms. The second kappa shape index (κ2) is 5.82. The van der Waals surface area contributed by atoms with Crippen molar-refractivity contribution in [2.75, 3.05) is 20.8 Å². The first-order chi connectivity index (χ1) is 9.20. The van der Waals surface area contributed by atoms with Gasteiger partial charge in [0.1, 0.15) is 6.04 Å². The van der Waals surface area contributed by atoms with Crippen molar-refractivity contribution in [3.63, 3.8) is 0 Å². The number of halogens is 1. The van der Waals surface area contributed by atoms with Gasteiger partial charge in [-0.25, -0.2) is 0 Å². The molecule has 1 heterocycles. The Morgan fingerprint density at radius 2 is 1.70 bits per heavy atom. The monoisotopic (exact) mass is 297 g/mol. The van der Waals surface area contributed by atoms with Gasteiger partial charge in [-0.1, -0.05) is 12.8 Å². The van der Waals surface area contributed by atoms with E-state index in [0.717, 1.165) is 11.5 Å². The molecule has 3 rings (SSSR count). The average Bonchev–Trinajstić information content (AvgIpc) is 2.91. The highest BCUT2D eigenvalue weighted by Gasteiger charge is 2.44. The minimum Gasteiger partial charge on any atom is -1.00 e. The molecule has 1 atom stereocenters. The molecule has 112 valence electrons. The molecule has 3 nitrogen and oxygen atoms in total. The lowest BCUT2D eigenvalue weighted by Gasteiger charge is -2.37. The number of fused-ring (bicyclic) bond motifs is 2. The number of methoxy groups -OCH3 is 2. The Morgan fingerprint density at radius 1 is 1.10 bits per heavy atom. The Kier molecular flexibility index (Phi) is 4.50. The maximum Gasteiger partial charge on any atom is 0.161 e. The molecule has 1 saturated carbocycles. The van der Waals surface area contributed by atoms with Crippen LogP contribution >= 0.6 is 0 Å². The van der Waals surface area contributed by atoms with Gasteiger partial charge in [0.25, 0.3) is 0 Å². The SMILES string of the molecule is COc1cc2c(cc1OC)C1(CCCC1)C[NH2+][C@H]2C.[Cl-]. The van der Waals surface area contributed by atoms with Crippen molar-refractivity contribution in [2.45, 2.75) is 44.1 Å². The number of benzene rings is 1. The van der Waals surface area contributed by atoms with Crippen molar-refractivity contribution < 1.29 is 27.2 Å². The molecule has 1 aliphatic heterocycles. The van der Waals surface area contributed by atoms with E-state index in [9.17, 15) is 0 Å². The van der Waals surface area contributed by atoms with Crippen molar-refractivity contribution in [1.82, 2.24) is 0 Å². The summed E-state index contributed by atoms with van der Waals surface area (Å²) in [6.45, 7) is 3.50. The molecule has 0 bridgehead atoms. The molecule has 1 spiro atoms. The second-order valence-corrected chi connectivity index (χ2v) is 6.01. The summed E-state index contributed by atoms with van der Waals surface area (Å²) in [4.78, 5) is 0. The minimum atomic E-state index is 0. The van der Waals surface area contributed by atoms with Crippen LogP contribution in [-0.2, 0) is 5.41 Å². The zero-order valence-corrected chi connectivity index (χ0v) is 13.3. The van der Waals surface area contributed by atoms with Gasteiger partial charge in [-0.2, -0.15) is 0 Å². The topological polar surface area (TPSA) is 35.1 Å². The quantitative estimate of drug-likeness (QED) is 0.772. The third kappa shape index (κ3) is 2.27. The van der Waals surface area contributed by atoms with Crippen LogP contribution in [0.25, 0.3) is 0 Å². The van der Waals surface area contributed by atoms with Crippen LogP contribution in [0.1, 0.15) is 49.8 Å². The summed E-state index contributed by atoms with van der Waals surface area (Å²) in [5, 5.41) is 2.49. The van der Waals surface area contributed by atoms with Gasteiger partial charge in [-0.15, -0.1) is 0 Å². The highest BCUT2D eigenvalue weighted by molar-refractivity contribution is 5.51. The molecule has 1 fully saturated rings. The van der Waals surface area contributed by atoms with E-state index in [2.05, 4.69) is 24.4 Å². The first-order valence-corrected chi connectivity index (χ1v) is 7.30. The summed E-state index contributed by atoms with van der Waals surface area (Å²) in [5.41, 5.74) is 3.32. The van der Waals surface area contributed by atoms with Gasteiger partial charge in [-0.3, -0.25) is 0 Å². The standard InChI is InChI=1S/C16H23NO2.ClH/c1-11-12-8-14(18-2)15(19-3)9-13(12)16(10-17-11)6-4-5-7-16;/h8-9,11,17H,4-7,10H2,1-3H3;1H/t11-;/m0./s1. The molecule has 1 aromatic rings. The highest BCUT2D eigenvalue weighted by atomic mass is 35.5. The zero-order chi connectivity index (χ0) is 13.5. The summed E-state index contributed by atoms with van der Waals surface area (Å²) in [6.07, 6.45) is 5.35. The van der Waals surface area contributed by atoms with Crippen LogP contribution in [0.5, 0.6) is 11.5 Å². The molecule has 2 aliphatic rings. The fraction of sp³-hybridized carbons (Fsp3) is 0.625. The second-order valence-electron chi connectivity index (χ2n) is 6.01. The van der Waals surface area contributed by atoms with Gasteiger partial charge in [0, 0.05) is 11.0 Å². The van der Waals surface area contributed by atoms with Crippen LogP contribution in [0.3, 0.4) is 0 Å². The molecular weight excluding hydrogens is 274 g/mol. The van der Waals surface area contributed by atoms with E-state index < -0.39 is 0 Å². The lowest BCUT2D eigenvalue weighted by molar-refractivity contribution is -0.703. The Labute approximate surface area is 127 Å². The number of ether oxygens (including phenoxy) is 2. The van der Waals surface area contributed by atoms with E-state index in [1.54, 1.807) is 14.2 Å². The Hall–Kier alpha value is -0.930. The lowest BCUT2D eigenvalue weighted by Crippen LogP contribution is -3.00. The molecule has 0 amide bonds. The molecule has 0 aromatic heterocycles. The first-order valence-electron chi connectivity index (χ1n) is 7.30. The van der Waals surface area contributed by atoms with Crippen molar-refractivity contribution in [1.29, 1.82) is 0 Å². The Balaban J connectivity index is 0.00000147. The van der Waals surface area contributed by atoms with Gasteiger partial charge in [-0.05, 0) is 37.5 Å². The summed E-state index contributed by atoms with van der Waals surface area (Å²) < 4.78 is 11.0. The molecule has 4 heteroatoms. The van der Waals surface area contributed by atoms with Crippen LogP contribution in [0.2, 0.25) is 0 Å². The van der Waals surface area contributed by atoms with Gasteiger partial charge in [0.2, 0.25) is 0 Å². The van der Waals surface area contributed by atoms with E-state index in [4.69, 9.17) is 9.47 Å². The molecular formula is C16H24ClNO2. The highest BCUT2D eigenvalue weighted by Crippen LogP contribution is 2.47. The molecule has 1 aromatic carbocycles. The summed E-state index contributed by atoms with van der Waals surface area (Å²) in [6, 6.07) is 4.94. The minimum absolute atomic E-state index is 0. The normalized spacial score (nSPS) is 23.1. The van der Waals surface area contributed by atoms with E-state index in [0.29, 0.717) is 11.5 Å². The molecule has 0 saturated heterocycles. The van der Waals surface area contributed by atoms with Gasteiger partial charge < -0.3 is 27.2 Å². The first kappa shape index (κ1) is 15.5. The number of quaternary nitrogens is 1. The molecule has 1 aliphatic carbocycles. The van der Waals surface area contributed by atoms with Crippen LogP contribution in [0, 0.1) is 0 Å². The van der Waals surface area contributed by atoms with Crippen LogP contribution in [0.4, 0.5) is 0 Å². The lowest BCUT2D eigenvalue weighted by atomic mass is 9.72. The Bertz CT molecular complexity index is 484. The smallest absolute Gasteiger partial charge is 0.161 e. The summed E-state index contributed by atoms with van der Waals surface area (Å²) in [5.74, 6) is 1.73. The Morgan fingerprint density at radius 3 is 2.30 bits per heavy atom. The predicted molar refractivity (Wildman–Crippen MR) is 74.9 cm³/mol. The summed E-state index contributed by atoms with van der Waals surface area (Å²) >= 11 is 0. The van der Waals surface area contributed by atoms with Gasteiger partial charge >= 0.3 is 0 Å². The number of hydrogen-bond donors (Lipinski definition) is 1. The van der Waals surface area contributed by atoms with E-state index in [1.807, 2.05) is 0 Å². The van der Waals surface area contributed by atoms with Gasteiger partial charge in [0.15, 0.2) is 11.5 Å². The molecule has 0 radical (unpaired) electrons. The third-order valence-electron chi connectivity index (χ3n) is 5.04. The van der Waals surface area contributed by atoms with Crippen LogP contribution in [0.15, 0.2) is 12.1 Å². The maximum absolute atomic E-state index is 5.51. The number of hydrogen-bond acceptors (Lipinski definition) is 2. The fourth-order valence-corrected chi connectivity index (χ4v) is 3.90. The largest absolute Gasteiger partial charge is 1.00 e. The number of rotatable bonds is 2. The summed E-state index contributed by atoms with van der Waals surface area (Å²) in [7, 11) is 3.44. The zero-order valence-electron chi connectivity index (χ0n) is 12.5. The van der Waals surface area contributed by atoms with Crippen molar-refractivity contribution in [3.05, 3.63) is 23.3 Å². The van der Waals surface area contributed by atoms with E-state index >= 15 is 0 Å². The van der Waals surface area contributed by atoms with Crippen molar-refractivity contribution in [2.24, 2.45) is 0 Å². The van der Waals surface area contributed by atoms with E-state index in [1.165, 1.54) is 43.4 Å². The number of nitrogens with two attached hydrogens (primary N) is 1. The maximum atomic E-state index is 5.51. The fourth-order valence-electron chi connectivity index (χ4n) is 3.90. The van der Waals surface area contributed by atoms with Crippen molar-refractivity contribution in [3.8, 4) is 11.5 Å². The third-order valence-corrected chi connectivity index (χ3v) is 5.04. The van der Waals surface area contributed by atoms with Gasteiger partial charge in [0.05, 0.1) is 20.8 Å². The molecule has 0 unspecified atom stereocenters. The predicted octanol–water partition coefficient (Wildman–Crippen LogP) is -0.842. The van der Waals surface area contributed by atoms with Crippen molar-refractivity contribution >= 4 is 0 Å². The average molecular weight is 298 g/mol.